The third kappa shape index (κ3) is 2.69. The predicted molar refractivity (Wildman–Crippen MR) is 69.9 cm³/mol. The maximum Gasteiger partial charge on any atom is 0.335 e. The van der Waals surface area contributed by atoms with E-state index in [0.29, 0.717) is 11.1 Å². The molecule has 100 valence electrons. The van der Waals surface area contributed by atoms with E-state index in [0.717, 1.165) is 0 Å². The van der Waals surface area contributed by atoms with E-state index in [2.05, 4.69) is 0 Å². The molecule has 0 radical (unpaired) electrons. The lowest BCUT2D eigenvalue weighted by Crippen LogP contribution is -2.03. The smallest absolute Gasteiger partial charge is 0.335 e. The van der Waals surface area contributed by atoms with Crippen molar-refractivity contribution in [2.24, 2.45) is 0 Å². The molecular weight excluding hydrogens is 262 g/mol. The minimum absolute atomic E-state index is 0.0882. The maximum absolute atomic E-state index is 12.1. The number of rotatable bonds is 4. The Morgan fingerprint density at radius 2 is 1.25 bits per heavy atom. The van der Waals surface area contributed by atoms with Gasteiger partial charge in [0.25, 0.3) is 5.69 Å². The normalized spacial score (nSPS) is 10.0. The van der Waals surface area contributed by atoms with E-state index in [1.165, 1.54) is 48.5 Å². The van der Waals surface area contributed by atoms with Crippen LogP contribution in [0.2, 0.25) is 0 Å². The number of ketones is 1. The third-order valence-electron chi connectivity index (χ3n) is 2.73. The van der Waals surface area contributed by atoms with Crippen molar-refractivity contribution in [1.29, 1.82) is 0 Å². The first-order chi connectivity index (χ1) is 9.49. The number of nitro benzene ring substituents is 1. The molecule has 0 spiro atoms. The van der Waals surface area contributed by atoms with Crippen LogP contribution >= 0.6 is 0 Å². The Labute approximate surface area is 113 Å². The fraction of sp³-hybridized carbons (Fsp3) is 0. The number of carboxylic acid groups (broad SMARTS) is 1. The second-order valence-corrected chi connectivity index (χ2v) is 4.02. The van der Waals surface area contributed by atoms with Gasteiger partial charge in [-0.15, -0.1) is 0 Å². The zero-order chi connectivity index (χ0) is 14.7. The topological polar surface area (TPSA) is 97.5 Å². The Balaban J connectivity index is 2.26. The summed E-state index contributed by atoms with van der Waals surface area (Å²) in [5, 5.41) is 19.3. The molecule has 6 heteroatoms. The Morgan fingerprint density at radius 3 is 1.65 bits per heavy atom. The van der Waals surface area contributed by atoms with Crippen LogP contribution < -0.4 is 0 Å². The molecule has 0 amide bonds. The van der Waals surface area contributed by atoms with Gasteiger partial charge in [-0.1, -0.05) is 12.1 Å². The quantitative estimate of drug-likeness (QED) is 0.523. The van der Waals surface area contributed by atoms with Crippen molar-refractivity contribution < 1.29 is 19.6 Å². The average molecular weight is 271 g/mol. The van der Waals surface area contributed by atoms with Gasteiger partial charge in [0.15, 0.2) is 5.78 Å². The van der Waals surface area contributed by atoms with Crippen molar-refractivity contribution in [2.45, 2.75) is 0 Å². The van der Waals surface area contributed by atoms with Crippen LogP contribution in [0.15, 0.2) is 48.5 Å². The predicted octanol–water partition coefficient (Wildman–Crippen LogP) is 2.52. The van der Waals surface area contributed by atoms with Crippen molar-refractivity contribution in [1.82, 2.24) is 0 Å². The average Bonchev–Trinajstić information content (AvgIpc) is 2.46. The van der Waals surface area contributed by atoms with Gasteiger partial charge in [-0.05, 0) is 24.3 Å². The van der Waals surface area contributed by atoms with Crippen molar-refractivity contribution in [3.63, 3.8) is 0 Å². The number of carbonyl (C=O) groups is 2. The molecule has 2 aromatic rings. The van der Waals surface area contributed by atoms with Gasteiger partial charge in [-0.3, -0.25) is 14.9 Å². The Morgan fingerprint density at radius 1 is 0.850 bits per heavy atom. The summed E-state index contributed by atoms with van der Waals surface area (Å²) >= 11 is 0. The SMILES string of the molecule is O=C(O)c1ccc(C(=O)c2ccc([N+](=O)[O-])cc2)cc1. The van der Waals surface area contributed by atoms with E-state index in [1.807, 2.05) is 0 Å². The van der Waals surface area contributed by atoms with E-state index in [9.17, 15) is 19.7 Å². The van der Waals surface area contributed by atoms with E-state index >= 15 is 0 Å². The molecule has 2 aromatic carbocycles. The van der Waals surface area contributed by atoms with E-state index in [4.69, 9.17) is 5.11 Å². The number of carboxylic acids is 1. The highest BCUT2D eigenvalue weighted by Gasteiger charge is 2.12. The lowest BCUT2D eigenvalue weighted by atomic mass is 10.0. The van der Waals surface area contributed by atoms with Gasteiger partial charge in [0, 0.05) is 23.3 Å². The molecule has 0 aromatic heterocycles. The van der Waals surface area contributed by atoms with E-state index in [1.54, 1.807) is 0 Å². The van der Waals surface area contributed by atoms with Gasteiger partial charge in [-0.25, -0.2) is 4.79 Å². The van der Waals surface area contributed by atoms with Crippen LogP contribution in [-0.4, -0.2) is 21.8 Å². The fourth-order valence-electron chi connectivity index (χ4n) is 1.67. The second-order valence-electron chi connectivity index (χ2n) is 4.02. The van der Waals surface area contributed by atoms with Gasteiger partial charge < -0.3 is 5.11 Å². The van der Waals surface area contributed by atoms with E-state index in [-0.39, 0.29) is 17.0 Å². The molecule has 0 unspecified atom stereocenters. The van der Waals surface area contributed by atoms with E-state index < -0.39 is 10.9 Å². The van der Waals surface area contributed by atoms with Crippen LogP contribution in [0.25, 0.3) is 0 Å². The summed E-state index contributed by atoms with van der Waals surface area (Å²) in [5.41, 5.74) is 0.621. The summed E-state index contributed by atoms with van der Waals surface area (Å²) in [4.78, 5) is 32.8. The molecule has 0 aliphatic rings. The first-order valence-corrected chi connectivity index (χ1v) is 5.61. The Bertz CT molecular complexity index is 614. The number of non-ortho nitro benzene ring substituents is 1. The number of hydrogen-bond acceptors (Lipinski definition) is 4. The molecule has 20 heavy (non-hydrogen) atoms. The molecule has 0 aliphatic carbocycles. The molecule has 0 aliphatic heterocycles. The maximum atomic E-state index is 12.1. The van der Waals surface area contributed by atoms with Crippen LogP contribution in [0.5, 0.6) is 0 Å². The first-order valence-electron chi connectivity index (χ1n) is 5.61. The lowest BCUT2D eigenvalue weighted by Gasteiger charge is -2.02. The van der Waals surface area contributed by atoms with Crippen molar-refractivity contribution in [3.8, 4) is 0 Å². The molecule has 2 rings (SSSR count). The van der Waals surface area contributed by atoms with Crippen LogP contribution in [-0.2, 0) is 0 Å². The molecule has 6 nitrogen and oxygen atoms in total. The minimum atomic E-state index is -1.07. The zero-order valence-corrected chi connectivity index (χ0v) is 10.1. The molecule has 0 heterocycles. The molecule has 0 bridgehead atoms. The van der Waals surface area contributed by atoms with Gasteiger partial charge in [-0.2, -0.15) is 0 Å². The summed E-state index contributed by atoms with van der Waals surface area (Å²) in [5.74, 6) is -1.39. The molecule has 0 fully saturated rings. The number of benzene rings is 2. The molecule has 0 atom stereocenters. The molecule has 0 saturated heterocycles. The van der Waals surface area contributed by atoms with Gasteiger partial charge in [0.2, 0.25) is 0 Å². The summed E-state index contributed by atoms with van der Waals surface area (Å²) in [7, 11) is 0. The highest BCUT2D eigenvalue weighted by atomic mass is 16.6. The van der Waals surface area contributed by atoms with Crippen molar-refractivity contribution >= 4 is 17.4 Å². The highest BCUT2D eigenvalue weighted by Crippen LogP contribution is 2.15. The summed E-state index contributed by atoms with van der Waals surface area (Å²) in [6, 6.07) is 10.7. The number of nitro groups is 1. The highest BCUT2D eigenvalue weighted by molar-refractivity contribution is 6.09. The van der Waals surface area contributed by atoms with Crippen LogP contribution in [0.3, 0.4) is 0 Å². The summed E-state index contributed by atoms with van der Waals surface area (Å²) in [6.45, 7) is 0. The largest absolute Gasteiger partial charge is 0.478 e. The van der Waals surface area contributed by atoms with Gasteiger partial charge in [0.1, 0.15) is 0 Å². The Hall–Kier alpha value is -3.02. The number of nitrogens with zero attached hydrogens (tertiary/aromatic N) is 1. The number of hydrogen-bond donors (Lipinski definition) is 1. The lowest BCUT2D eigenvalue weighted by molar-refractivity contribution is -0.384. The fourth-order valence-corrected chi connectivity index (χ4v) is 1.67. The second kappa shape index (κ2) is 5.31. The van der Waals surface area contributed by atoms with Crippen LogP contribution in [0, 0.1) is 10.1 Å². The van der Waals surface area contributed by atoms with Gasteiger partial charge in [0.05, 0.1) is 10.5 Å². The van der Waals surface area contributed by atoms with Crippen molar-refractivity contribution in [3.05, 3.63) is 75.3 Å². The molecular formula is C14H9NO5. The standard InChI is InChI=1S/C14H9NO5/c16-13(9-1-3-11(4-2-9)14(17)18)10-5-7-12(8-6-10)15(19)20/h1-8H,(H,17,18). The third-order valence-corrected chi connectivity index (χ3v) is 2.73. The van der Waals surface area contributed by atoms with Crippen LogP contribution in [0.4, 0.5) is 5.69 Å². The summed E-state index contributed by atoms with van der Waals surface area (Å²) < 4.78 is 0. The number of carbonyl (C=O) groups excluding carboxylic acids is 1. The van der Waals surface area contributed by atoms with Crippen LogP contribution in [0.1, 0.15) is 26.3 Å². The monoisotopic (exact) mass is 271 g/mol. The first kappa shape index (κ1) is 13.4. The van der Waals surface area contributed by atoms with Crippen molar-refractivity contribution in [2.75, 3.05) is 0 Å². The zero-order valence-electron chi connectivity index (χ0n) is 10.1. The minimum Gasteiger partial charge on any atom is -0.478 e. The van der Waals surface area contributed by atoms with Gasteiger partial charge >= 0.3 is 5.97 Å². The number of aromatic carboxylic acids is 1. The molecule has 0 saturated carbocycles. The Kier molecular flexibility index (Phi) is 3.56. The molecule has 1 N–H and O–H groups in total. The summed E-state index contributed by atoms with van der Waals surface area (Å²) in [6.07, 6.45) is 0.